The van der Waals surface area contributed by atoms with Crippen molar-refractivity contribution < 1.29 is 0 Å². The molecule has 92 valence electrons. The fraction of sp³-hybridized carbons (Fsp3) is 1.00. The van der Waals surface area contributed by atoms with E-state index in [0.29, 0.717) is 0 Å². The normalized spacial score (nSPS) is 15.6. The minimum atomic E-state index is 0.836. The Balaban J connectivity index is 3.87. The Morgan fingerprint density at radius 2 is 1.67 bits per heavy atom. The first-order chi connectivity index (χ1) is 7.10. The van der Waals surface area contributed by atoms with Gasteiger partial charge in [0.05, 0.1) is 0 Å². The minimum Gasteiger partial charge on any atom is -0.317 e. The van der Waals surface area contributed by atoms with Crippen LogP contribution in [0.2, 0.25) is 0 Å². The van der Waals surface area contributed by atoms with Gasteiger partial charge in [-0.15, -0.1) is 0 Å². The molecule has 0 aliphatic carbocycles. The van der Waals surface area contributed by atoms with Crippen molar-refractivity contribution in [2.75, 3.05) is 13.1 Å². The molecule has 0 aromatic rings. The van der Waals surface area contributed by atoms with Gasteiger partial charge in [-0.2, -0.15) is 0 Å². The molecule has 0 bridgehead atoms. The van der Waals surface area contributed by atoms with Crippen LogP contribution >= 0.6 is 0 Å². The predicted molar refractivity (Wildman–Crippen MR) is 70.2 cm³/mol. The fourth-order valence-corrected chi connectivity index (χ4v) is 2.46. The second kappa shape index (κ2) is 9.21. The highest BCUT2D eigenvalue weighted by Crippen LogP contribution is 2.22. The highest BCUT2D eigenvalue weighted by molar-refractivity contribution is 4.67. The van der Waals surface area contributed by atoms with Crippen LogP contribution in [-0.4, -0.2) is 13.1 Å². The van der Waals surface area contributed by atoms with Crippen LogP contribution in [-0.2, 0) is 0 Å². The maximum atomic E-state index is 3.50. The molecule has 0 radical (unpaired) electrons. The van der Waals surface area contributed by atoms with Crippen LogP contribution in [0.25, 0.3) is 0 Å². The minimum absolute atomic E-state index is 0.836. The van der Waals surface area contributed by atoms with E-state index in [0.717, 1.165) is 24.3 Å². The Morgan fingerprint density at radius 1 is 1.00 bits per heavy atom. The van der Waals surface area contributed by atoms with Gasteiger partial charge in [-0.3, -0.25) is 0 Å². The molecule has 0 fully saturated rings. The van der Waals surface area contributed by atoms with Crippen molar-refractivity contribution in [2.24, 2.45) is 17.8 Å². The first kappa shape index (κ1) is 15.0. The van der Waals surface area contributed by atoms with Crippen LogP contribution in [0.3, 0.4) is 0 Å². The highest BCUT2D eigenvalue weighted by Gasteiger charge is 2.13. The molecular weight excluding hydrogens is 182 g/mol. The monoisotopic (exact) mass is 213 g/mol. The van der Waals surface area contributed by atoms with Crippen molar-refractivity contribution in [1.29, 1.82) is 0 Å². The van der Waals surface area contributed by atoms with Crippen LogP contribution in [0.1, 0.15) is 60.3 Å². The lowest BCUT2D eigenvalue weighted by Crippen LogP contribution is -2.25. The molecule has 2 unspecified atom stereocenters. The lowest BCUT2D eigenvalue weighted by Gasteiger charge is -2.22. The Labute approximate surface area is 97.0 Å². The molecule has 1 nitrogen and oxygen atoms in total. The van der Waals surface area contributed by atoms with Gasteiger partial charge in [-0.25, -0.2) is 0 Å². The van der Waals surface area contributed by atoms with E-state index < -0.39 is 0 Å². The lowest BCUT2D eigenvalue weighted by atomic mass is 9.87. The topological polar surface area (TPSA) is 12.0 Å². The van der Waals surface area contributed by atoms with Gasteiger partial charge in [-0.05, 0) is 43.7 Å². The smallest absolute Gasteiger partial charge is 0.00204 e. The zero-order valence-corrected chi connectivity index (χ0v) is 11.5. The molecule has 0 amide bonds. The van der Waals surface area contributed by atoms with Gasteiger partial charge in [0.1, 0.15) is 0 Å². The molecule has 15 heavy (non-hydrogen) atoms. The maximum Gasteiger partial charge on any atom is -0.00204 e. The van der Waals surface area contributed by atoms with Crippen LogP contribution in [0.4, 0.5) is 0 Å². The SMILES string of the molecule is CCCC(C)CC(CNCC)CC(C)C. The lowest BCUT2D eigenvalue weighted by molar-refractivity contribution is 0.311. The number of hydrogen-bond donors (Lipinski definition) is 1. The molecule has 0 spiro atoms. The summed E-state index contributed by atoms with van der Waals surface area (Å²) < 4.78 is 0. The van der Waals surface area contributed by atoms with Crippen molar-refractivity contribution in [3.05, 3.63) is 0 Å². The van der Waals surface area contributed by atoms with E-state index in [1.807, 2.05) is 0 Å². The Kier molecular flexibility index (Phi) is 9.18. The third-order valence-corrected chi connectivity index (χ3v) is 3.00. The summed E-state index contributed by atoms with van der Waals surface area (Å²) in [6.07, 6.45) is 5.50. The van der Waals surface area contributed by atoms with Crippen molar-refractivity contribution >= 4 is 0 Å². The zero-order valence-electron chi connectivity index (χ0n) is 11.5. The standard InChI is InChI=1S/C14H31N/c1-6-8-13(5)10-14(9-12(3)4)11-15-7-2/h12-15H,6-11H2,1-5H3. The molecule has 0 saturated carbocycles. The molecule has 0 aromatic heterocycles. The summed E-state index contributed by atoms with van der Waals surface area (Å²) in [5.74, 6) is 2.62. The average molecular weight is 213 g/mol. The maximum absolute atomic E-state index is 3.50. The van der Waals surface area contributed by atoms with Gasteiger partial charge in [-0.1, -0.05) is 47.5 Å². The summed E-state index contributed by atoms with van der Waals surface area (Å²) in [6.45, 7) is 13.9. The van der Waals surface area contributed by atoms with Crippen LogP contribution in [0, 0.1) is 17.8 Å². The number of nitrogens with one attached hydrogen (secondary N) is 1. The van der Waals surface area contributed by atoms with E-state index in [1.54, 1.807) is 0 Å². The largest absolute Gasteiger partial charge is 0.317 e. The molecular formula is C14H31N. The molecule has 0 saturated heterocycles. The first-order valence-electron chi connectivity index (χ1n) is 6.80. The third kappa shape index (κ3) is 8.92. The molecule has 1 N–H and O–H groups in total. The van der Waals surface area contributed by atoms with Crippen molar-refractivity contribution in [3.8, 4) is 0 Å². The molecule has 0 aromatic carbocycles. The molecule has 0 heterocycles. The number of hydrogen-bond acceptors (Lipinski definition) is 1. The predicted octanol–water partition coefficient (Wildman–Crippen LogP) is 4.08. The quantitative estimate of drug-likeness (QED) is 0.608. The summed E-state index contributed by atoms with van der Waals surface area (Å²) in [5, 5.41) is 3.50. The van der Waals surface area contributed by atoms with E-state index in [4.69, 9.17) is 0 Å². The van der Waals surface area contributed by atoms with Crippen LogP contribution in [0.5, 0.6) is 0 Å². The second-order valence-electron chi connectivity index (χ2n) is 5.43. The van der Waals surface area contributed by atoms with Gasteiger partial charge >= 0.3 is 0 Å². The Bertz CT molecular complexity index is 131. The van der Waals surface area contributed by atoms with Crippen LogP contribution < -0.4 is 5.32 Å². The average Bonchev–Trinajstić information content (AvgIpc) is 2.13. The highest BCUT2D eigenvalue weighted by atomic mass is 14.8. The van der Waals surface area contributed by atoms with Crippen molar-refractivity contribution in [2.45, 2.75) is 60.3 Å². The van der Waals surface area contributed by atoms with Crippen molar-refractivity contribution in [3.63, 3.8) is 0 Å². The second-order valence-corrected chi connectivity index (χ2v) is 5.43. The summed E-state index contributed by atoms with van der Waals surface area (Å²) in [4.78, 5) is 0. The molecule has 0 aliphatic heterocycles. The summed E-state index contributed by atoms with van der Waals surface area (Å²) in [5.41, 5.74) is 0. The fourth-order valence-electron chi connectivity index (χ4n) is 2.46. The van der Waals surface area contributed by atoms with Gasteiger partial charge in [0.15, 0.2) is 0 Å². The van der Waals surface area contributed by atoms with E-state index >= 15 is 0 Å². The van der Waals surface area contributed by atoms with E-state index in [9.17, 15) is 0 Å². The summed E-state index contributed by atoms with van der Waals surface area (Å²) in [7, 11) is 0. The van der Waals surface area contributed by atoms with Gasteiger partial charge in [0.2, 0.25) is 0 Å². The Morgan fingerprint density at radius 3 is 2.13 bits per heavy atom. The number of rotatable bonds is 9. The molecule has 1 heteroatoms. The molecule has 0 aliphatic rings. The van der Waals surface area contributed by atoms with E-state index in [2.05, 4.69) is 39.9 Å². The molecule has 0 rings (SSSR count). The molecule has 2 atom stereocenters. The van der Waals surface area contributed by atoms with E-state index in [1.165, 1.54) is 32.2 Å². The summed E-state index contributed by atoms with van der Waals surface area (Å²) >= 11 is 0. The first-order valence-corrected chi connectivity index (χ1v) is 6.80. The van der Waals surface area contributed by atoms with Gasteiger partial charge < -0.3 is 5.32 Å². The van der Waals surface area contributed by atoms with Crippen LogP contribution in [0.15, 0.2) is 0 Å². The van der Waals surface area contributed by atoms with E-state index in [-0.39, 0.29) is 0 Å². The van der Waals surface area contributed by atoms with Crippen molar-refractivity contribution in [1.82, 2.24) is 5.32 Å². The Hall–Kier alpha value is -0.0400. The zero-order chi connectivity index (χ0) is 11.7. The van der Waals surface area contributed by atoms with Gasteiger partial charge in [0.25, 0.3) is 0 Å². The third-order valence-electron chi connectivity index (χ3n) is 3.00. The van der Waals surface area contributed by atoms with Gasteiger partial charge in [0, 0.05) is 0 Å². The summed E-state index contributed by atoms with van der Waals surface area (Å²) in [6, 6.07) is 0.